The van der Waals surface area contributed by atoms with Gasteiger partial charge in [-0.3, -0.25) is 14.5 Å². The van der Waals surface area contributed by atoms with Gasteiger partial charge in [0, 0.05) is 4.47 Å². The van der Waals surface area contributed by atoms with Crippen molar-refractivity contribution in [1.82, 2.24) is 10.2 Å². The maximum atomic E-state index is 12.7. The fourth-order valence-electron chi connectivity index (χ4n) is 2.34. The predicted octanol–water partition coefficient (Wildman–Crippen LogP) is 2.56. The summed E-state index contributed by atoms with van der Waals surface area (Å²) in [4.78, 5) is 37.6. The monoisotopic (exact) mass is 382 g/mol. The predicted molar refractivity (Wildman–Crippen MR) is 87.6 cm³/mol. The molecule has 1 aromatic carbocycles. The number of amides is 3. The van der Waals surface area contributed by atoms with E-state index in [0.717, 1.165) is 9.37 Å². The van der Waals surface area contributed by atoms with Crippen molar-refractivity contribution < 1.29 is 19.1 Å². The summed E-state index contributed by atoms with van der Waals surface area (Å²) in [5.74, 6) is -1.11. The van der Waals surface area contributed by atoms with Gasteiger partial charge < -0.3 is 10.1 Å². The number of carbonyl (C=O) groups is 3. The average Bonchev–Trinajstić information content (AvgIpc) is 2.61. The van der Waals surface area contributed by atoms with E-state index in [9.17, 15) is 14.4 Å². The highest BCUT2D eigenvalue weighted by atomic mass is 79.9. The van der Waals surface area contributed by atoms with Crippen LogP contribution in [0, 0.1) is 0 Å². The second-order valence-corrected chi connectivity index (χ2v) is 7.46. The van der Waals surface area contributed by atoms with Gasteiger partial charge >= 0.3 is 12.0 Å². The zero-order chi connectivity index (χ0) is 17.4. The van der Waals surface area contributed by atoms with E-state index in [-0.39, 0.29) is 0 Å². The molecule has 3 amide bonds. The second kappa shape index (κ2) is 5.96. The van der Waals surface area contributed by atoms with E-state index in [0.29, 0.717) is 5.56 Å². The van der Waals surface area contributed by atoms with Crippen LogP contribution < -0.4 is 5.32 Å². The van der Waals surface area contributed by atoms with Gasteiger partial charge in [-0.25, -0.2) is 4.79 Å². The van der Waals surface area contributed by atoms with Crippen LogP contribution in [0.1, 0.15) is 33.3 Å². The number of hydrogen-bond donors (Lipinski definition) is 1. The molecule has 1 atom stereocenters. The smallest absolute Gasteiger partial charge is 0.326 e. The molecular weight excluding hydrogens is 364 g/mol. The molecule has 0 aromatic heterocycles. The number of esters is 1. The summed E-state index contributed by atoms with van der Waals surface area (Å²) < 4.78 is 5.96. The summed E-state index contributed by atoms with van der Waals surface area (Å²) in [5.41, 5.74) is -1.25. The number of urea groups is 1. The van der Waals surface area contributed by atoms with E-state index >= 15 is 0 Å². The van der Waals surface area contributed by atoms with Gasteiger partial charge in [0.1, 0.15) is 17.7 Å². The molecule has 2 rings (SSSR count). The zero-order valence-corrected chi connectivity index (χ0v) is 15.1. The van der Waals surface area contributed by atoms with Gasteiger partial charge in [0.25, 0.3) is 5.91 Å². The van der Waals surface area contributed by atoms with Gasteiger partial charge in [0.2, 0.25) is 0 Å². The van der Waals surface area contributed by atoms with Gasteiger partial charge in [-0.2, -0.15) is 0 Å². The standard InChI is InChI=1S/C16H19BrN2O4/c1-15(2,3)23-12(20)9-19-13(21)16(4,18-14(19)22)10-6-5-7-11(17)8-10/h5-8H,9H2,1-4H3,(H,18,22)/t16-/m0/s1. The summed E-state index contributed by atoms with van der Waals surface area (Å²) in [7, 11) is 0. The maximum Gasteiger partial charge on any atom is 0.326 e. The highest BCUT2D eigenvalue weighted by Gasteiger charge is 2.49. The summed E-state index contributed by atoms with van der Waals surface area (Å²) in [6.07, 6.45) is 0. The number of imide groups is 1. The molecule has 1 N–H and O–H groups in total. The molecule has 0 spiro atoms. The number of benzene rings is 1. The number of nitrogens with one attached hydrogen (secondary N) is 1. The molecular formula is C16H19BrN2O4. The van der Waals surface area contributed by atoms with E-state index in [1.165, 1.54) is 0 Å². The Morgan fingerprint density at radius 2 is 2.00 bits per heavy atom. The fraction of sp³-hybridized carbons (Fsp3) is 0.438. The van der Waals surface area contributed by atoms with Crippen molar-refractivity contribution >= 4 is 33.8 Å². The number of ether oxygens (including phenoxy) is 1. The summed E-state index contributed by atoms with van der Waals surface area (Å²) in [6.45, 7) is 6.38. The van der Waals surface area contributed by atoms with E-state index in [1.807, 2.05) is 6.07 Å². The highest BCUT2D eigenvalue weighted by Crippen LogP contribution is 2.30. The molecule has 0 aliphatic carbocycles. The zero-order valence-electron chi connectivity index (χ0n) is 13.5. The van der Waals surface area contributed by atoms with Crippen LogP contribution in [-0.2, 0) is 19.9 Å². The van der Waals surface area contributed by atoms with Crippen LogP contribution in [0.25, 0.3) is 0 Å². The van der Waals surface area contributed by atoms with Crippen LogP contribution in [0.5, 0.6) is 0 Å². The molecule has 23 heavy (non-hydrogen) atoms. The lowest BCUT2D eigenvalue weighted by atomic mass is 9.92. The minimum absolute atomic E-state index is 0.411. The third kappa shape index (κ3) is 3.72. The molecule has 7 heteroatoms. The minimum Gasteiger partial charge on any atom is -0.459 e. The van der Waals surface area contributed by atoms with E-state index in [2.05, 4.69) is 21.2 Å². The lowest BCUT2D eigenvalue weighted by Crippen LogP contribution is -2.42. The number of nitrogens with zero attached hydrogens (tertiary/aromatic N) is 1. The van der Waals surface area contributed by atoms with Crippen molar-refractivity contribution in [1.29, 1.82) is 0 Å². The Kier molecular flexibility index (Phi) is 4.52. The minimum atomic E-state index is -1.21. The van der Waals surface area contributed by atoms with Crippen LogP contribution in [0.15, 0.2) is 28.7 Å². The third-order valence-corrected chi connectivity index (χ3v) is 3.88. The average molecular weight is 383 g/mol. The quantitative estimate of drug-likeness (QED) is 0.643. The van der Waals surface area contributed by atoms with Crippen molar-refractivity contribution in [3.63, 3.8) is 0 Å². The molecule has 0 unspecified atom stereocenters. The topological polar surface area (TPSA) is 75.7 Å². The third-order valence-electron chi connectivity index (χ3n) is 3.38. The second-order valence-electron chi connectivity index (χ2n) is 6.54. The summed E-state index contributed by atoms with van der Waals surface area (Å²) >= 11 is 3.35. The Bertz CT molecular complexity index is 668. The maximum absolute atomic E-state index is 12.7. The Morgan fingerprint density at radius 3 is 2.57 bits per heavy atom. The lowest BCUT2D eigenvalue weighted by Gasteiger charge is -2.23. The number of rotatable bonds is 3. The van der Waals surface area contributed by atoms with Crippen LogP contribution in [-0.4, -0.2) is 35.0 Å². The van der Waals surface area contributed by atoms with Gasteiger partial charge in [0.15, 0.2) is 0 Å². The van der Waals surface area contributed by atoms with Crippen molar-refractivity contribution in [2.24, 2.45) is 0 Å². The normalized spacial score (nSPS) is 21.3. The van der Waals surface area contributed by atoms with Gasteiger partial charge in [-0.1, -0.05) is 28.1 Å². The summed E-state index contributed by atoms with van der Waals surface area (Å²) in [6, 6.07) is 6.51. The molecule has 0 bridgehead atoms. The van der Waals surface area contributed by atoms with Crippen LogP contribution in [0.4, 0.5) is 4.79 Å². The molecule has 1 heterocycles. The van der Waals surface area contributed by atoms with Crippen molar-refractivity contribution in [3.05, 3.63) is 34.3 Å². The van der Waals surface area contributed by atoms with Crippen molar-refractivity contribution in [2.75, 3.05) is 6.54 Å². The molecule has 1 saturated heterocycles. The van der Waals surface area contributed by atoms with Gasteiger partial charge in [-0.15, -0.1) is 0 Å². The Morgan fingerprint density at radius 1 is 1.35 bits per heavy atom. The number of carbonyl (C=O) groups excluding carboxylic acids is 3. The fourth-order valence-corrected chi connectivity index (χ4v) is 2.74. The molecule has 6 nitrogen and oxygen atoms in total. The molecule has 1 aliphatic rings. The van der Waals surface area contributed by atoms with Crippen LogP contribution in [0.2, 0.25) is 0 Å². The first-order valence-electron chi connectivity index (χ1n) is 7.15. The number of halogens is 1. The molecule has 124 valence electrons. The SMILES string of the molecule is CC(C)(C)OC(=O)CN1C(=O)N[C@@](C)(c2cccc(Br)c2)C1=O. The first-order chi connectivity index (χ1) is 10.5. The molecule has 1 fully saturated rings. The molecule has 1 aromatic rings. The Labute approximate surface area is 143 Å². The Hall–Kier alpha value is -1.89. The van der Waals surface area contributed by atoms with E-state index in [1.54, 1.807) is 45.9 Å². The van der Waals surface area contributed by atoms with Gasteiger partial charge in [-0.05, 0) is 45.4 Å². The Balaban J connectivity index is 2.21. The molecule has 0 saturated carbocycles. The first kappa shape index (κ1) is 17.5. The molecule has 0 radical (unpaired) electrons. The van der Waals surface area contributed by atoms with Crippen molar-refractivity contribution in [2.45, 2.75) is 38.8 Å². The van der Waals surface area contributed by atoms with Gasteiger partial charge in [0.05, 0.1) is 0 Å². The molecule has 1 aliphatic heterocycles. The van der Waals surface area contributed by atoms with Crippen molar-refractivity contribution in [3.8, 4) is 0 Å². The highest BCUT2D eigenvalue weighted by molar-refractivity contribution is 9.10. The number of hydrogen-bond acceptors (Lipinski definition) is 4. The van der Waals surface area contributed by atoms with E-state index < -0.39 is 35.6 Å². The van der Waals surface area contributed by atoms with Crippen LogP contribution >= 0.6 is 15.9 Å². The van der Waals surface area contributed by atoms with Crippen LogP contribution in [0.3, 0.4) is 0 Å². The lowest BCUT2D eigenvalue weighted by molar-refractivity contribution is -0.157. The largest absolute Gasteiger partial charge is 0.459 e. The first-order valence-corrected chi connectivity index (χ1v) is 7.94. The summed E-state index contributed by atoms with van der Waals surface area (Å²) in [5, 5.41) is 2.65. The van der Waals surface area contributed by atoms with E-state index in [4.69, 9.17) is 4.74 Å².